The fourth-order valence-corrected chi connectivity index (χ4v) is 7.98. The normalized spacial score (nSPS) is 45.4. The van der Waals surface area contributed by atoms with Crippen molar-refractivity contribution in [1.29, 1.82) is 0 Å². The standard InChI is InChI=1S/C21H32O/c22-17-20(11-9-18(15-20)5-1-2-6-18)13-14-21(17)12-10-19(16-21)7-3-4-8-19/h1-16H2/t20-,21+. The molecule has 0 heterocycles. The molecule has 5 fully saturated rings. The summed E-state index contributed by atoms with van der Waals surface area (Å²) in [6.45, 7) is 0. The Hall–Kier alpha value is -0.330. The summed E-state index contributed by atoms with van der Waals surface area (Å²) in [7, 11) is 0. The van der Waals surface area contributed by atoms with Gasteiger partial charge in [0.2, 0.25) is 0 Å². The van der Waals surface area contributed by atoms with E-state index >= 15 is 0 Å². The van der Waals surface area contributed by atoms with Crippen LogP contribution in [0.2, 0.25) is 0 Å². The third-order valence-corrected chi connectivity index (χ3v) is 9.07. The summed E-state index contributed by atoms with van der Waals surface area (Å²) in [5, 5.41) is 0. The zero-order valence-corrected chi connectivity index (χ0v) is 14.2. The zero-order chi connectivity index (χ0) is 14.9. The summed E-state index contributed by atoms with van der Waals surface area (Å²) < 4.78 is 0. The number of ketones is 1. The molecule has 22 heavy (non-hydrogen) atoms. The first-order valence-electron chi connectivity index (χ1n) is 10.2. The lowest BCUT2D eigenvalue weighted by Gasteiger charge is -2.31. The van der Waals surface area contributed by atoms with Crippen molar-refractivity contribution in [2.75, 3.05) is 0 Å². The van der Waals surface area contributed by atoms with Gasteiger partial charge in [0, 0.05) is 10.8 Å². The van der Waals surface area contributed by atoms with Crippen molar-refractivity contribution in [3.8, 4) is 0 Å². The first kappa shape index (κ1) is 14.1. The molecule has 0 bridgehead atoms. The fraction of sp³-hybridized carbons (Fsp3) is 0.952. The quantitative estimate of drug-likeness (QED) is 0.551. The van der Waals surface area contributed by atoms with Crippen LogP contribution in [0.3, 0.4) is 0 Å². The van der Waals surface area contributed by atoms with Crippen LogP contribution in [-0.2, 0) is 4.79 Å². The van der Waals surface area contributed by atoms with Crippen molar-refractivity contribution in [3.05, 3.63) is 0 Å². The van der Waals surface area contributed by atoms with Gasteiger partial charge in [0.15, 0.2) is 0 Å². The average molecular weight is 300 g/mol. The fourth-order valence-electron chi connectivity index (χ4n) is 7.98. The molecule has 0 unspecified atom stereocenters. The minimum Gasteiger partial charge on any atom is -0.298 e. The Morgan fingerprint density at radius 1 is 0.500 bits per heavy atom. The van der Waals surface area contributed by atoms with E-state index in [9.17, 15) is 4.79 Å². The van der Waals surface area contributed by atoms with E-state index in [1.54, 1.807) is 0 Å². The third kappa shape index (κ3) is 1.75. The Bertz CT molecular complexity index is 450. The molecule has 4 spiro atoms. The highest BCUT2D eigenvalue weighted by Gasteiger charge is 2.64. The van der Waals surface area contributed by atoms with Crippen LogP contribution in [0.1, 0.15) is 103 Å². The number of carbonyl (C=O) groups is 1. The summed E-state index contributed by atoms with van der Waals surface area (Å²) in [5.41, 5.74) is 1.50. The first-order chi connectivity index (χ1) is 10.6. The second kappa shape index (κ2) is 4.39. The SMILES string of the molecule is O=C1[C@@]2(CCC3(CCCC3)C2)CC[C@@]12CCC1(CCCC1)C2. The van der Waals surface area contributed by atoms with Gasteiger partial charge in [0.25, 0.3) is 0 Å². The van der Waals surface area contributed by atoms with Crippen LogP contribution in [0.5, 0.6) is 0 Å². The van der Waals surface area contributed by atoms with E-state index in [2.05, 4.69) is 0 Å². The maximum absolute atomic E-state index is 13.6. The highest BCUT2D eigenvalue weighted by Crippen LogP contribution is 2.69. The molecule has 5 aliphatic carbocycles. The third-order valence-electron chi connectivity index (χ3n) is 9.07. The van der Waals surface area contributed by atoms with Crippen molar-refractivity contribution >= 4 is 5.78 Å². The second-order valence-corrected chi connectivity index (χ2v) is 10.2. The van der Waals surface area contributed by atoms with Crippen LogP contribution < -0.4 is 0 Å². The highest BCUT2D eigenvalue weighted by atomic mass is 16.1. The molecule has 1 nitrogen and oxygen atoms in total. The molecule has 0 saturated heterocycles. The highest BCUT2D eigenvalue weighted by molar-refractivity contribution is 5.93. The van der Waals surface area contributed by atoms with Gasteiger partial charge in [-0.3, -0.25) is 4.79 Å². The summed E-state index contributed by atoms with van der Waals surface area (Å²) in [5.74, 6) is 0.771. The van der Waals surface area contributed by atoms with Gasteiger partial charge in [0.05, 0.1) is 0 Å². The zero-order valence-electron chi connectivity index (χ0n) is 14.2. The Balaban J connectivity index is 1.40. The van der Waals surface area contributed by atoms with Crippen LogP contribution in [0, 0.1) is 21.7 Å². The van der Waals surface area contributed by atoms with E-state index in [1.807, 2.05) is 0 Å². The van der Waals surface area contributed by atoms with E-state index in [0.717, 1.165) is 5.78 Å². The van der Waals surface area contributed by atoms with Crippen molar-refractivity contribution in [2.45, 2.75) is 103 Å². The van der Waals surface area contributed by atoms with Crippen molar-refractivity contribution < 1.29 is 4.79 Å². The number of carbonyl (C=O) groups excluding carboxylic acids is 1. The van der Waals surface area contributed by atoms with Crippen molar-refractivity contribution in [1.82, 2.24) is 0 Å². The molecule has 5 saturated carbocycles. The van der Waals surface area contributed by atoms with E-state index in [1.165, 1.54) is 103 Å². The van der Waals surface area contributed by atoms with Crippen LogP contribution >= 0.6 is 0 Å². The lowest BCUT2D eigenvalue weighted by atomic mass is 9.71. The Morgan fingerprint density at radius 3 is 1.27 bits per heavy atom. The minimum atomic E-state index is 0.147. The van der Waals surface area contributed by atoms with Crippen molar-refractivity contribution in [3.63, 3.8) is 0 Å². The van der Waals surface area contributed by atoms with Gasteiger partial charge in [-0.2, -0.15) is 0 Å². The predicted octanol–water partition coefficient (Wildman–Crippen LogP) is 5.81. The van der Waals surface area contributed by atoms with Crippen LogP contribution in [0.4, 0.5) is 0 Å². The maximum Gasteiger partial charge on any atom is 0.145 e. The molecule has 0 N–H and O–H groups in total. The van der Waals surface area contributed by atoms with Crippen LogP contribution in [-0.4, -0.2) is 5.78 Å². The number of Topliss-reactive ketones (excluding diaryl/α,β-unsaturated/α-hetero) is 1. The van der Waals surface area contributed by atoms with E-state index in [-0.39, 0.29) is 10.8 Å². The number of hydrogen-bond acceptors (Lipinski definition) is 1. The lowest BCUT2D eigenvalue weighted by Crippen LogP contribution is -2.34. The van der Waals surface area contributed by atoms with Gasteiger partial charge in [-0.15, -0.1) is 0 Å². The molecule has 0 aromatic carbocycles. The van der Waals surface area contributed by atoms with E-state index in [0.29, 0.717) is 10.8 Å². The van der Waals surface area contributed by atoms with Gasteiger partial charge in [-0.1, -0.05) is 25.7 Å². The minimum absolute atomic E-state index is 0.147. The topological polar surface area (TPSA) is 17.1 Å². The molecule has 122 valence electrons. The van der Waals surface area contributed by atoms with E-state index < -0.39 is 0 Å². The summed E-state index contributed by atoms with van der Waals surface area (Å²) >= 11 is 0. The molecule has 0 aliphatic heterocycles. The monoisotopic (exact) mass is 300 g/mol. The van der Waals surface area contributed by atoms with Gasteiger partial charge in [0.1, 0.15) is 5.78 Å². The van der Waals surface area contributed by atoms with Gasteiger partial charge >= 0.3 is 0 Å². The number of rotatable bonds is 0. The molecular weight excluding hydrogens is 268 g/mol. The van der Waals surface area contributed by atoms with E-state index in [4.69, 9.17) is 0 Å². The second-order valence-electron chi connectivity index (χ2n) is 10.2. The summed E-state index contributed by atoms with van der Waals surface area (Å²) in [6, 6.07) is 0. The van der Waals surface area contributed by atoms with Gasteiger partial charge < -0.3 is 0 Å². The van der Waals surface area contributed by atoms with Crippen LogP contribution in [0.25, 0.3) is 0 Å². The molecular formula is C21H32O. The predicted molar refractivity (Wildman–Crippen MR) is 88.6 cm³/mol. The molecule has 0 aromatic heterocycles. The van der Waals surface area contributed by atoms with Crippen molar-refractivity contribution in [2.24, 2.45) is 21.7 Å². The largest absolute Gasteiger partial charge is 0.298 e. The average Bonchev–Trinajstić information content (AvgIpc) is 3.31. The smallest absolute Gasteiger partial charge is 0.145 e. The lowest BCUT2D eigenvalue weighted by molar-refractivity contribution is -0.134. The maximum atomic E-state index is 13.6. The number of hydrogen-bond donors (Lipinski definition) is 0. The molecule has 5 rings (SSSR count). The van der Waals surface area contributed by atoms with Crippen LogP contribution in [0.15, 0.2) is 0 Å². The molecule has 2 atom stereocenters. The molecule has 1 heteroatoms. The molecule has 5 aliphatic rings. The van der Waals surface area contributed by atoms with Gasteiger partial charge in [-0.25, -0.2) is 0 Å². The summed E-state index contributed by atoms with van der Waals surface area (Å²) in [6.07, 6.45) is 21.8. The molecule has 0 aromatic rings. The Kier molecular flexibility index (Phi) is 2.81. The Labute approximate surface area is 135 Å². The molecule has 0 radical (unpaired) electrons. The Morgan fingerprint density at radius 2 is 0.864 bits per heavy atom. The van der Waals surface area contributed by atoms with Gasteiger partial charge in [-0.05, 0) is 87.9 Å². The molecule has 0 amide bonds. The first-order valence-corrected chi connectivity index (χ1v) is 10.2. The summed E-state index contributed by atoms with van der Waals surface area (Å²) in [4.78, 5) is 13.6.